The molecule has 0 spiro atoms. The molecule has 20 heavy (non-hydrogen) atoms. The monoisotopic (exact) mass is 292 g/mol. The summed E-state index contributed by atoms with van der Waals surface area (Å²) in [6, 6.07) is 8.27. The first-order chi connectivity index (χ1) is 9.58. The van der Waals surface area contributed by atoms with E-state index in [0.29, 0.717) is 5.25 Å². The van der Waals surface area contributed by atoms with Gasteiger partial charge in [0.1, 0.15) is 6.17 Å². The molecule has 2 rings (SSSR count). The van der Waals surface area contributed by atoms with E-state index in [1.165, 1.54) is 11.1 Å². The lowest BCUT2D eigenvalue weighted by Crippen LogP contribution is -2.35. The summed E-state index contributed by atoms with van der Waals surface area (Å²) in [5.41, 5.74) is 2.45. The first-order valence-electron chi connectivity index (χ1n) is 7.23. The van der Waals surface area contributed by atoms with Gasteiger partial charge in [0.2, 0.25) is 5.91 Å². The van der Waals surface area contributed by atoms with Crippen molar-refractivity contribution < 1.29 is 4.79 Å². The summed E-state index contributed by atoms with van der Waals surface area (Å²) >= 11 is 1.80. The number of carbonyl (C=O) groups excluding carboxylic acids is 1. The molecule has 1 heterocycles. The fourth-order valence-electron chi connectivity index (χ4n) is 2.67. The number of carbonyl (C=O) groups is 1. The zero-order chi connectivity index (χ0) is 14.7. The fourth-order valence-corrected chi connectivity index (χ4v) is 2.98. The minimum Gasteiger partial charge on any atom is -0.320 e. The van der Waals surface area contributed by atoms with Gasteiger partial charge in [-0.1, -0.05) is 38.1 Å². The number of nitrogens with one attached hydrogen (secondary N) is 1. The summed E-state index contributed by atoms with van der Waals surface area (Å²) in [5.74, 6) is 0.238. The van der Waals surface area contributed by atoms with Crippen LogP contribution in [-0.4, -0.2) is 34.9 Å². The molecule has 1 aromatic carbocycles. The van der Waals surface area contributed by atoms with Gasteiger partial charge in [-0.3, -0.25) is 10.1 Å². The van der Waals surface area contributed by atoms with Gasteiger partial charge < -0.3 is 4.90 Å². The van der Waals surface area contributed by atoms with Crippen LogP contribution in [0.5, 0.6) is 0 Å². The third-order valence-corrected chi connectivity index (χ3v) is 4.95. The van der Waals surface area contributed by atoms with Crippen molar-refractivity contribution in [2.24, 2.45) is 0 Å². The van der Waals surface area contributed by atoms with Crippen LogP contribution >= 0.6 is 11.8 Å². The Kier molecular flexibility index (Phi) is 5.11. The van der Waals surface area contributed by atoms with Gasteiger partial charge in [-0.05, 0) is 30.7 Å². The van der Waals surface area contributed by atoms with Gasteiger partial charge in [-0.2, -0.15) is 11.8 Å². The molecule has 1 aliphatic rings. The Hall–Kier alpha value is -1.00. The highest BCUT2D eigenvalue weighted by atomic mass is 32.2. The molecule has 3 atom stereocenters. The Labute approximate surface area is 126 Å². The van der Waals surface area contributed by atoms with Crippen LogP contribution in [0.4, 0.5) is 0 Å². The summed E-state index contributed by atoms with van der Waals surface area (Å²) in [6.45, 7) is 7.14. The van der Waals surface area contributed by atoms with Crippen molar-refractivity contribution in [3.63, 3.8) is 0 Å². The lowest BCUT2D eigenvalue weighted by atomic mass is 10.1. The van der Waals surface area contributed by atoms with Crippen molar-refractivity contribution in [2.45, 2.75) is 44.6 Å². The van der Waals surface area contributed by atoms with Crippen LogP contribution in [0.15, 0.2) is 24.3 Å². The predicted molar refractivity (Wildman–Crippen MR) is 85.8 cm³/mol. The van der Waals surface area contributed by atoms with E-state index in [1.807, 2.05) is 17.0 Å². The van der Waals surface area contributed by atoms with E-state index in [9.17, 15) is 4.79 Å². The van der Waals surface area contributed by atoms with Crippen LogP contribution in [0.1, 0.15) is 37.6 Å². The third-order valence-electron chi connectivity index (χ3n) is 4.00. The smallest absolute Gasteiger partial charge is 0.241 e. The SMILES string of the molecule is CCC1NC(c2ccccc2C)N(CC(C)SC)C1=O. The van der Waals surface area contributed by atoms with Crippen LogP contribution in [0.2, 0.25) is 0 Å². The van der Waals surface area contributed by atoms with E-state index in [1.54, 1.807) is 11.8 Å². The van der Waals surface area contributed by atoms with Crippen molar-refractivity contribution in [3.05, 3.63) is 35.4 Å². The second-order valence-corrected chi connectivity index (χ2v) is 6.70. The maximum atomic E-state index is 12.5. The van der Waals surface area contributed by atoms with Crippen LogP contribution in [0, 0.1) is 6.92 Å². The second-order valence-electron chi connectivity index (χ2n) is 5.42. The first-order valence-corrected chi connectivity index (χ1v) is 8.52. The van der Waals surface area contributed by atoms with E-state index >= 15 is 0 Å². The van der Waals surface area contributed by atoms with Crippen molar-refractivity contribution in [3.8, 4) is 0 Å². The number of hydrogen-bond donors (Lipinski definition) is 1. The summed E-state index contributed by atoms with van der Waals surface area (Å²) in [7, 11) is 0. The minimum atomic E-state index is -0.0475. The fraction of sp³-hybridized carbons (Fsp3) is 0.562. The standard InChI is InChI=1S/C16H24N2OS/c1-5-14-16(19)18(10-12(3)20-4)15(17-14)13-9-7-6-8-11(13)2/h6-9,12,14-15,17H,5,10H2,1-4H3. The number of benzene rings is 1. The maximum absolute atomic E-state index is 12.5. The highest BCUT2D eigenvalue weighted by molar-refractivity contribution is 7.99. The molecule has 110 valence electrons. The Bertz CT molecular complexity index is 477. The Morgan fingerprint density at radius 1 is 1.40 bits per heavy atom. The molecular weight excluding hydrogens is 268 g/mol. The van der Waals surface area contributed by atoms with E-state index in [-0.39, 0.29) is 18.1 Å². The van der Waals surface area contributed by atoms with E-state index in [0.717, 1.165) is 13.0 Å². The molecule has 4 heteroatoms. The average molecular weight is 292 g/mol. The van der Waals surface area contributed by atoms with Crippen molar-refractivity contribution in [1.29, 1.82) is 0 Å². The molecule has 1 aliphatic heterocycles. The summed E-state index contributed by atoms with van der Waals surface area (Å²) in [4.78, 5) is 14.5. The number of aryl methyl sites for hydroxylation is 1. The molecule has 1 N–H and O–H groups in total. The molecule has 1 saturated heterocycles. The topological polar surface area (TPSA) is 32.3 Å². The quantitative estimate of drug-likeness (QED) is 0.905. The Balaban J connectivity index is 2.29. The van der Waals surface area contributed by atoms with Crippen LogP contribution < -0.4 is 5.32 Å². The molecule has 1 aromatic rings. The van der Waals surface area contributed by atoms with Gasteiger partial charge in [-0.15, -0.1) is 0 Å². The highest BCUT2D eigenvalue weighted by Gasteiger charge is 2.39. The highest BCUT2D eigenvalue weighted by Crippen LogP contribution is 2.29. The van der Waals surface area contributed by atoms with Crippen LogP contribution in [0.3, 0.4) is 0 Å². The van der Waals surface area contributed by atoms with Gasteiger partial charge in [0.05, 0.1) is 6.04 Å². The molecule has 0 aromatic heterocycles. The lowest BCUT2D eigenvalue weighted by Gasteiger charge is -2.27. The molecule has 0 saturated carbocycles. The van der Waals surface area contributed by atoms with Gasteiger partial charge in [0.25, 0.3) is 0 Å². The normalized spacial score (nSPS) is 24.2. The number of thioether (sulfide) groups is 1. The van der Waals surface area contributed by atoms with E-state index < -0.39 is 0 Å². The van der Waals surface area contributed by atoms with Crippen molar-refractivity contribution in [1.82, 2.24) is 10.2 Å². The zero-order valence-electron chi connectivity index (χ0n) is 12.7. The molecule has 3 nitrogen and oxygen atoms in total. The lowest BCUT2D eigenvalue weighted by molar-refractivity contribution is -0.130. The van der Waals surface area contributed by atoms with Crippen molar-refractivity contribution in [2.75, 3.05) is 12.8 Å². The largest absolute Gasteiger partial charge is 0.320 e. The van der Waals surface area contributed by atoms with Gasteiger partial charge in [-0.25, -0.2) is 0 Å². The Morgan fingerprint density at radius 3 is 2.70 bits per heavy atom. The average Bonchev–Trinajstić information content (AvgIpc) is 2.76. The number of hydrogen-bond acceptors (Lipinski definition) is 3. The van der Waals surface area contributed by atoms with E-state index in [2.05, 4.69) is 44.5 Å². The molecule has 1 amide bonds. The molecular formula is C16H24N2OS. The van der Waals surface area contributed by atoms with Crippen molar-refractivity contribution >= 4 is 17.7 Å². The summed E-state index contributed by atoms with van der Waals surface area (Å²) in [6.07, 6.45) is 2.95. The van der Waals surface area contributed by atoms with E-state index in [4.69, 9.17) is 0 Å². The van der Waals surface area contributed by atoms with Crippen LogP contribution in [0.25, 0.3) is 0 Å². The third kappa shape index (κ3) is 3.01. The molecule has 0 bridgehead atoms. The first kappa shape index (κ1) is 15.4. The molecule has 0 radical (unpaired) electrons. The Morgan fingerprint density at radius 2 is 2.10 bits per heavy atom. The second kappa shape index (κ2) is 6.64. The molecule has 1 fully saturated rings. The number of rotatable bonds is 5. The summed E-state index contributed by atoms with van der Waals surface area (Å²) in [5, 5.41) is 3.94. The summed E-state index contributed by atoms with van der Waals surface area (Å²) < 4.78 is 0. The van der Waals surface area contributed by atoms with Gasteiger partial charge in [0, 0.05) is 11.8 Å². The zero-order valence-corrected chi connectivity index (χ0v) is 13.5. The number of amides is 1. The van der Waals surface area contributed by atoms with Gasteiger partial charge in [0.15, 0.2) is 0 Å². The molecule has 0 aliphatic carbocycles. The number of nitrogens with zero attached hydrogens (tertiary/aromatic N) is 1. The van der Waals surface area contributed by atoms with Gasteiger partial charge >= 0.3 is 0 Å². The maximum Gasteiger partial charge on any atom is 0.241 e. The molecule has 3 unspecified atom stereocenters. The van der Waals surface area contributed by atoms with Crippen LogP contribution in [-0.2, 0) is 4.79 Å². The minimum absolute atomic E-state index is 0.0169. The predicted octanol–water partition coefficient (Wildman–Crippen LogP) is 2.96.